The van der Waals surface area contributed by atoms with Gasteiger partial charge in [0.1, 0.15) is 6.04 Å². The van der Waals surface area contributed by atoms with Gasteiger partial charge in [0.15, 0.2) is 6.61 Å². The number of hydrogen-bond acceptors (Lipinski definition) is 5. The van der Waals surface area contributed by atoms with Crippen LogP contribution in [0.25, 0.3) is 0 Å². The van der Waals surface area contributed by atoms with Gasteiger partial charge < -0.3 is 15.4 Å². The Bertz CT molecular complexity index is 728. The summed E-state index contributed by atoms with van der Waals surface area (Å²) < 4.78 is 4.97. The first-order valence-corrected chi connectivity index (χ1v) is 8.91. The number of aryl methyl sites for hydroxylation is 1. The van der Waals surface area contributed by atoms with Crippen LogP contribution < -0.4 is 16.0 Å². The molecule has 8 heteroatoms. The van der Waals surface area contributed by atoms with Crippen molar-refractivity contribution in [2.75, 3.05) is 6.61 Å². The van der Waals surface area contributed by atoms with Crippen molar-refractivity contribution >= 4 is 23.8 Å². The van der Waals surface area contributed by atoms with Crippen molar-refractivity contribution in [2.24, 2.45) is 5.92 Å². The number of esters is 1. The zero-order chi connectivity index (χ0) is 20.0. The predicted molar refractivity (Wildman–Crippen MR) is 97.9 cm³/mol. The average Bonchev–Trinajstić information content (AvgIpc) is 3.41. The van der Waals surface area contributed by atoms with Gasteiger partial charge in [-0.2, -0.15) is 0 Å². The molecule has 1 aliphatic carbocycles. The molecule has 1 aromatic carbocycles. The van der Waals surface area contributed by atoms with E-state index in [1.54, 1.807) is 39.0 Å². The zero-order valence-corrected chi connectivity index (χ0v) is 15.7. The van der Waals surface area contributed by atoms with E-state index in [0.29, 0.717) is 5.56 Å². The molecule has 1 atom stereocenters. The van der Waals surface area contributed by atoms with Crippen molar-refractivity contribution in [2.45, 2.75) is 45.7 Å². The number of urea groups is 1. The minimum absolute atomic E-state index is 0.113. The smallest absolute Gasteiger partial charge is 0.329 e. The average molecular weight is 375 g/mol. The van der Waals surface area contributed by atoms with Crippen LogP contribution in [0, 0.1) is 12.8 Å². The maximum atomic E-state index is 12.4. The van der Waals surface area contributed by atoms with Crippen LogP contribution in [0.1, 0.15) is 42.6 Å². The van der Waals surface area contributed by atoms with Crippen LogP contribution in [0.5, 0.6) is 0 Å². The van der Waals surface area contributed by atoms with E-state index in [4.69, 9.17) is 4.74 Å². The first kappa shape index (κ1) is 20.4. The van der Waals surface area contributed by atoms with Gasteiger partial charge in [-0.05, 0) is 37.3 Å². The number of amides is 4. The highest BCUT2D eigenvalue weighted by molar-refractivity contribution is 5.99. The normalized spacial score (nSPS) is 14.2. The molecule has 2 rings (SSSR count). The minimum Gasteiger partial charge on any atom is -0.454 e. The quantitative estimate of drug-likeness (QED) is 0.621. The van der Waals surface area contributed by atoms with Crippen molar-refractivity contribution in [1.82, 2.24) is 16.0 Å². The Morgan fingerprint density at radius 3 is 2.41 bits per heavy atom. The van der Waals surface area contributed by atoms with E-state index in [2.05, 4.69) is 16.0 Å². The summed E-state index contributed by atoms with van der Waals surface area (Å²) in [5.74, 6) is -2.09. The van der Waals surface area contributed by atoms with Crippen LogP contribution in [-0.4, -0.2) is 42.5 Å². The minimum atomic E-state index is -0.912. The highest BCUT2D eigenvalue weighted by Gasteiger charge is 2.28. The van der Waals surface area contributed by atoms with E-state index < -0.39 is 36.5 Å². The van der Waals surface area contributed by atoms with Crippen LogP contribution >= 0.6 is 0 Å². The predicted octanol–water partition coefficient (Wildman–Crippen LogP) is 1.28. The Morgan fingerprint density at radius 2 is 1.81 bits per heavy atom. The second-order valence-corrected chi connectivity index (χ2v) is 6.91. The van der Waals surface area contributed by atoms with Gasteiger partial charge in [0.25, 0.3) is 11.8 Å². The van der Waals surface area contributed by atoms with Crippen molar-refractivity contribution in [1.29, 1.82) is 0 Å². The lowest BCUT2D eigenvalue weighted by Crippen LogP contribution is -2.47. The molecule has 0 saturated heterocycles. The summed E-state index contributed by atoms with van der Waals surface area (Å²) in [6, 6.07) is 5.62. The lowest BCUT2D eigenvalue weighted by Gasteiger charge is -2.21. The Hall–Kier alpha value is -2.90. The topological polar surface area (TPSA) is 114 Å². The van der Waals surface area contributed by atoms with E-state index >= 15 is 0 Å². The third kappa shape index (κ3) is 6.40. The van der Waals surface area contributed by atoms with Crippen molar-refractivity contribution < 1.29 is 23.9 Å². The molecule has 0 spiro atoms. The van der Waals surface area contributed by atoms with E-state index in [1.165, 1.54) is 0 Å². The van der Waals surface area contributed by atoms with Crippen LogP contribution in [0.4, 0.5) is 4.79 Å². The molecule has 27 heavy (non-hydrogen) atoms. The van der Waals surface area contributed by atoms with Crippen molar-refractivity contribution in [3.05, 3.63) is 35.4 Å². The molecule has 0 radical (unpaired) electrons. The summed E-state index contributed by atoms with van der Waals surface area (Å²) in [6.45, 7) is 4.72. The monoisotopic (exact) mass is 375 g/mol. The van der Waals surface area contributed by atoms with Gasteiger partial charge in [0.2, 0.25) is 0 Å². The second kappa shape index (κ2) is 9.16. The van der Waals surface area contributed by atoms with E-state index in [-0.39, 0.29) is 12.0 Å². The van der Waals surface area contributed by atoms with E-state index in [9.17, 15) is 19.2 Å². The van der Waals surface area contributed by atoms with Gasteiger partial charge in [-0.25, -0.2) is 9.59 Å². The van der Waals surface area contributed by atoms with Gasteiger partial charge in [-0.15, -0.1) is 0 Å². The van der Waals surface area contributed by atoms with Crippen molar-refractivity contribution in [3.8, 4) is 0 Å². The maximum absolute atomic E-state index is 12.4. The maximum Gasteiger partial charge on any atom is 0.329 e. The lowest BCUT2D eigenvalue weighted by atomic mass is 10.0. The Kier molecular flexibility index (Phi) is 6.92. The molecule has 0 aliphatic heterocycles. The molecule has 3 N–H and O–H groups in total. The Labute approximate surface area is 158 Å². The number of rotatable bonds is 7. The third-order valence-corrected chi connectivity index (χ3v) is 4.11. The Morgan fingerprint density at radius 1 is 1.15 bits per heavy atom. The molecule has 0 aromatic heterocycles. The molecule has 4 amide bonds. The summed E-state index contributed by atoms with van der Waals surface area (Å²) in [6.07, 6.45) is 1.79. The lowest BCUT2D eigenvalue weighted by molar-refractivity contribution is -0.151. The van der Waals surface area contributed by atoms with Gasteiger partial charge in [-0.1, -0.05) is 32.0 Å². The number of imide groups is 1. The third-order valence-electron chi connectivity index (χ3n) is 4.11. The van der Waals surface area contributed by atoms with Crippen LogP contribution in [0.2, 0.25) is 0 Å². The number of ether oxygens (including phenoxy) is 1. The Balaban J connectivity index is 1.86. The second-order valence-electron chi connectivity index (χ2n) is 6.91. The van der Waals surface area contributed by atoms with E-state index in [0.717, 1.165) is 18.4 Å². The molecule has 0 heterocycles. The van der Waals surface area contributed by atoms with Crippen LogP contribution in [0.15, 0.2) is 24.3 Å². The number of benzene rings is 1. The molecular formula is C19H25N3O5. The fourth-order valence-electron chi connectivity index (χ4n) is 2.38. The number of carbonyl (C=O) groups is 4. The standard InChI is InChI=1S/C19H25N3O5/c1-11(2)16(22-17(24)14-7-5-4-6-12(14)3)18(25)27-10-15(23)21-19(26)20-13-8-9-13/h4-7,11,13,16H,8-10H2,1-3H3,(H,22,24)(H2,20,21,23,26)/t16-/m0/s1. The molecule has 146 valence electrons. The molecule has 1 fully saturated rings. The van der Waals surface area contributed by atoms with E-state index in [1.807, 2.05) is 6.07 Å². The molecule has 0 unspecified atom stereocenters. The fourth-order valence-corrected chi connectivity index (χ4v) is 2.38. The highest BCUT2D eigenvalue weighted by atomic mass is 16.5. The number of hydrogen-bond donors (Lipinski definition) is 3. The molecule has 0 bridgehead atoms. The molecular weight excluding hydrogens is 350 g/mol. The summed E-state index contributed by atoms with van der Waals surface area (Å²) in [5.41, 5.74) is 1.25. The van der Waals surface area contributed by atoms with Gasteiger partial charge in [0, 0.05) is 11.6 Å². The molecule has 1 saturated carbocycles. The van der Waals surface area contributed by atoms with Gasteiger partial charge in [-0.3, -0.25) is 14.9 Å². The van der Waals surface area contributed by atoms with Crippen LogP contribution in [-0.2, 0) is 14.3 Å². The highest BCUT2D eigenvalue weighted by Crippen LogP contribution is 2.18. The first-order valence-electron chi connectivity index (χ1n) is 8.91. The summed E-state index contributed by atoms with van der Waals surface area (Å²) in [7, 11) is 0. The zero-order valence-electron chi connectivity index (χ0n) is 15.7. The largest absolute Gasteiger partial charge is 0.454 e. The molecule has 1 aromatic rings. The van der Waals surface area contributed by atoms with Gasteiger partial charge in [0.05, 0.1) is 0 Å². The summed E-state index contributed by atoms with van der Waals surface area (Å²) in [5, 5.41) is 7.34. The SMILES string of the molecule is Cc1ccccc1C(=O)N[C@H](C(=O)OCC(=O)NC(=O)NC1CC1)C(C)C. The number of nitrogens with one attached hydrogen (secondary N) is 3. The molecule has 8 nitrogen and oxygen atoms in total. The van der Waals surface area contributed by atoms with Crippen LogP contribution in [0.3, 0.4) is 0 Å². The first-order chi connectivity index (χ1) is 12.8. The number of carbonyl (C=O) groups excluding carboxylic acids is 4. The molecule has 1 aliphatic rings. The van der Waals surface area contributed by atoms with Crippen molar-refractivity contribution in [3.63, 3.8) is 0 Å². The summed E-state index contributed by atoms with van der Waals surface area (Å²) >= 11 is 0. The van der Waals surface area contributed by atoms with Gasteiger partial charge >= 0.3 is 12.0 Å². The summed E-state index contributed by atoms with van der Waals surface area (Å²) in [4.78, 5) is 47.9. The fraction of sp³-hybridized carbons (Fsp3) is 0.474.